The van der Waals surface area contributed by atoms with Crippen LogP contribution in [0.1, 0.15) is 308 Å². The van der Waals surface area contributed by atoms with E-state index in [1.165, 1.54) is 0 Å². The first-order valence-electron chi connectivity index (χ1n) is 41.5. The van der Waals surface area contributed by atoms with Crippen molar-refractivity contribution < 1.29 is 87.1 Å². The molecule has 0 aromatic heterocycles. The van der Waals surface area contributed by atoms with Crippen LogP contribution >= 0.6 is 0 Å². The predicted octanol–water partition coefficient (Wildman–Crippen LogP) is -0.0198. The molecule has 0 saturated heterocycles. The van der Waals surface area contributed by atoms with E-state index < -0.39 is 42.2 Å². The number of carbonyl (C=O) groups is 11. The highest BCUT2D eigenvalue weighted by molar-refractivity contribution is 5.90. The van der Waals surface area contributed by atoms with Crippen LogP contribution in [0.2, 0.25) is 0 Å². The summed E-state index contributed by atoms with van der Waals surface area (Å²) in [4.78, 5) is 141. The Balaban J connectivity index is 4.56. The number of hydrogen-bond donors (Lipinski definition) is 18. The van der Waals surface area contributed by atoms with E-state index in [0.717, 1.165) is 251 Å². The molecule has 0 radical (unpaired) electrons. The van der Waals surface area contributed by atoms with Gasteiger partial charge in [-0.2, -0.15) is 0 Å². The van der Waals surface area contributed by atoms with Gasteiger partial charge in [0.05, 0.1) is 45.3 Å². The highest BCUT2D eigenvalue weighted by atomic mass is 16.2. The highest BCUT2D eigenvalue weighted by Crippen LogP contribution is 2.14. The smallest absolute Gasteiger partial charge is 0.242 e. The van der Waals surface area contributed by atoms with E-state index in [4.69, 9.17) is 11.5 Å². The second kappa shape index (κ2) is 70.8. The Morgan fingerprint density at radius 3 is 0.619 bits per heavy atom. The van der Waals surface area contributed by atoms with Gasteiger partial charge in [-0.25, -0.2) is 0 Å². The van der Waals surface area contributed by atoms with Crippen molar-refractivity contribution in [3.05, 3.63) is 0 Å². The van der Waals surface area contributed by atoms with Gasteiger partial charge in [0.1, 0.15) is 30.2 Å². The van der Waals surface area contributed by atoms with Gasteiger partial charge in [-0.15, -0.1) is 0 Å². The summed E-state index contributed by atoms with van der Waals surface area (Å²) >= 11 is 0. The lowest BCUT2D eigenvalue weighted by Crippen LogP contribution is -2.50. The lowest BCUT2D eigenvalue weighted by molar-refractivity contribution is -0.368. The van der Waals surface area contributed by atoms with Gasteiger partial charge in [0.25, 0.3) is 0 Å². The summed E-state index contributed by atoms with van der Waals surface area (Å²) in [5, 5.41) is 29.6. The molecule has 32 N–H and O–H groups in total. The Kier molecular flexibility index (Phi) is 66.7. The van der Waals surface area contributed by atoms with Gasteiger partial charge in [0.2, 0.25) is 65.0 Å². The van der Waals surface area contributed by atoms with Crippen LogP contribution in [0.5, 0.6) is 0 Å². The van der Waals surface area contributed by atoms with Gasteiger partial charge in [-0.05, 0) is 180 Å². The second-order valence-corrected chi connectivity index (χ2v) is 28.7. The third-order valence-corrected chi connectivity index (χ3v) is 19.0. The SMILES string of the molecule is NC(=O)C(CCCC[NH3+])NC(=O)CCCCCCCNC(=O)C(CCCC[NH3+])NC(=O)CCCCCCCNC(=O)C(CCCC[NH3+])NC(=O)CCCCCCCNC(=O)C(CCCC[NH3+])NC(=O)CCCCCCCNC(=O)C(CCCC[NH3+])NC(=O)CCCCCCCNC(=O)C(N)CCCC[NH3+]. The molecule has 0 aliphatic rings. The number of rotatable bonds is 75. The van der Waals surface area contributed by atoms with Crippen LogP contribution in [-0.4, -0.2) is 173 Å². The predicted molar refractivity (Wildman–Crippen MR) is 410 cm³/mol. The quantitative estimate of drug-likeness (QED) is 0.0358. The maximum absolute atomic E-state index is 13.3. The fourth-order valence-corrected chi connectivity index (χ4v) is 12.4. The lowest BCUT2D eigenvalue weighted by atomic mass is 10.1. The van der Waals surface area contributed by atoms with Crippen molar-refractivity contribution in [2.75, 3.05) is 72.0 Å². The summed E-state index contributed by atoms with van der Waals surface area (Å²) in [5.41, 5.74) is 34.7. The summed E-state index contributed by atoms with van der Waals surface area (Å²) in [6.45, 7) is 7.19. The lowest BCUT2D eigenvalue weighted by Gasteiger charge is -2.19. The Morgan fingerprint density at radius 1 is 0.219 bits per heavy atom. The minimum Gasteiger partial charge on any atom is -0.368 e. The van der Waals surface area contributed by atoms with Crippen molar-refractivity contribution in [3.8, 4) is 0 Å². The monoisotopic (exact) mass is 1500 g/mol. The van der Waals surface area contributed by atoms with Crippen molar-refractivity contribution in [2.45, 2.75) is 344 Å². The number of carbonyl (C=O) groups excluding carboxylic acids is 11. The first-order chi connectivity index (χ1) is 50.9. The average molecular weight is 1500 g/mol. The molecule has 0 rings (SSSR count). The third kappa shape index (κ3) is 59.6. The number of amides is 11. The summed E-state index contributed by atoms with van der Waals surface area (Å²) in [6, 6.07) is -3.55. The summed E-state index contributed by atoms with van der Waals surface area (Å²) in [5.74, 6) is -2.09. The molecule has 0 aromatic carbocycles. The highest BCUT2D eigenvalue weighted by Gasteiger charge is 2.25. The molecule has 0 aliphatic heterocycles. The number of nitrogens with one attached hydrogen (secondary N) is 10. The minimum absolute atomic E-state index is 0.104. The van der Waals surface area contributed by atoms with Gasteiger partial charge in [-0.1, -0.05) is 96.3 Å². The van der Waals surface area contributed by atoms with Gasteiger partial charge in [0.15, 0.2) is 0 Å². The molecule has 610 valence electrons. The maximum Gasteiger partial charge on any atom is 0.242 e. The molecular weight excluding hydrogens is 1340 g/mol. The topological polar surface area (TPSA) is 526 Å². The molecule has 105 heavy (non-hydrogen) atoms. The first-order valence-corrected chi connectivity index (χ1v) is 41.5. The van der Waals surface area contributed by atoms with Crippen molar-refractivity contribution in [1.82, 2.24) is 53.2 Å². The average Bonchev–Trinajstić information content (AvgIpc) is 0.969. The Bertz CT molecular complexity index is 2290. The molecule has 0 fully saturated rings. The molecular formula is C76H156N18O11+6. The Labute approximate surface area is 630 Å². The number of nitrogens with two attached hydrogens (primary N) is 2. The maximum atomic E-state index is 13.3. The second-order valence-electron chi connectivity index (χ2n) is 28.7. The molecule has 29 nitrogen and oxygen atoms in total. The number of hydrogen-bond acceptors (Lipinski definition) is 12. The van der Waals surface area contributed by atoms with Crippen molar-refractivity contribution in [2.24, 2.45) is 11.5 Å². The van der Waals surface area contributed by atoms with Crippen molar-refractivity contribution in [1.29, 1.82) is 0 Å². The minimum atomic E-state index is -0.647. The van der Waals surface area contributed by atoms with Crippen LogP contribution in [0.15, 0.2) is 0 Å². The number of unbranched alkanes of at least 4 members (excludes halogenated alkanes) is 26. The number of quaternary nitrogens is 6. The van der Waals surface area contributed by atoms with Crippen LogP contribution in [-0.2, 0) is 52.7 Å². The van der Waals surface area contributed by atoms with Gasteiger partial charge in [0, 0.05) is 64.8 Å². The van der Waals surface area contributed by atoms with Crippen LogP contribution in [0, 0.1) is 0 Å². The van der Waals surface area contributed by atoms with Gasteiger partial charge < -0.3 is 99.0 Å². The van der Waals surface area contributed by atoms with Crippen molar-refractivity contribution in [3.63, 3.8) is 0 Å². The fraction of sp³-hybridized carbons (Fsp3) is 0.855. The zero-order valence-electron chi connectivity index (χ0n) is 65.6. The Morgan fingerprint density at radius 2 is 0.400 bits per heavy atom. The van der Waals surface area contributed by atoms with E-state index in [1.807, 2.05) is 0 Å². The largest absolute Gasteiger partial charge is 0.368 e. The van der Waals surface area contributed by atoms with Crippen molar-refractivity contribution >= 4 is 65.0 Å². The summed E-state index contributed by atoms with van der Waals surface area (Å²) in [6.07, 6.45) is 35.8. The van der Waals surface area contributed by atoms with Crippen LogP contribution in [0.4, 0.5) is 0 Å². The molecule has 6 unspecified atom stereocenters. The molecule has 0 aromatic rings. The normalized spacial score (nSPS) is 12.9. The molecule has 0 aliphatic carbocycles. The van der Waals surface area contributed by atoms with Gasteiger partial charge >= 0.3 is 0 Å². The Hall–Kier alpha value is -6.11. The molecule has 11 amide bonds. The molecule has 29 heteroatoms. The first kappa shape index (κ1) is 98.9. The van der Waals surface area contributed by atoms with Crippen LogP contribution in [0.3, 0.4) is 0 Å². The summed E-state index contributed by atoms with van der Waals surface area (Å²) in [7, 11) is 0. The molecule has 0 spiro atoms. The zero-order valence-corrected chi connectivity index (χ0v) is 65.6. The third-order valence-electron chi connectivity index (χ3n) is 19.0. The van der Waals surface area contributed by atoms with E-state index in [-0.39, 0.29) is 59.1 Å². The van der Waals surface area contributed by atoms with Crippen LogP contribution in [0.25, 0.3) is 0 Å². The molecule has 6 atom stereocenters. The molecule has 0 bridgehead atoms. The molecule has 0 heterocycles. The van der Waals surface area contributed by atoms with E-state index in [9.17, 15) is 52.7 Å². The van der Waals surface area contributed by atoms with E-state index in [2.05, 4.69) is 87.6 Å². The fourth-order valence-electron chi connectivity index (χ4n) is 12.4. The molecule has 0 saturated carbocycles. The van der Waals surface area contributed by atoms with Crippen LogP contribution < -0.4 is 99.0 Å². The van der Waals surface area contributed by atoms with E-state index >= 15 is 0 Å². The van der Waals surface area contributed by atoms with E-state index in [0.29, 0.717) is 129 Å². The summed E-state index contributed by atoms with van der Waals surface area (Å²) < 4.78 is 0. The zero-order chi connectivity index (χ0) is 77.6. The standard InChI is InChI=1S/C76H150N18O11/c77-49-27-21-38-60(83)72(101)85-55-33-11-1-7-17-45-67(96)91-62(40-23-29-51-79)74(103)87-57-35-13-3-9-19-47-69(98)93-64(42-25-31-53-81)76(105)89-59-37-15-5-10-20-48-70(99)94-65(43-26-32-54-82)75(104)88-58-36-14-4-8-18-46-68(97)92-63(41-24-30-52-80)73(102)86-56-34-12-2-6-16-44-66(95)90-61(71(84)100)39-22-28-50-78/h60-65H,1-59,77-83H2,(H2,84,100)(H,85,101)(H,86,102)(H,87,103)(H,88,104)(H,89,105)(H,90,95)(H,91,96)(H,92,97)(H,93,98)(H,94,99)/p+6. The number of primary amides is 1. The van der Waals surface area contributed by atoms with E-state index in [1.54, 1.807) is 0 Å². The van der Waals surface area contributed by atoms with Gasteiger partial charge in [-0.3, -0.25) is 52.7 Å².